The Labute approximate surface area is 247 Å². The van der Waals surface area contributed by atoms with Gasteiger partial charge in [-0.25, -0.2) is 9.97 Å². The summed E-state index contributed by atoms with van der Waals surface area (Å²) in [7, 11) is 0. The molecule has 1 heterocycles. The van der Waals surface area contributed by atoms with Crippen LogP contribution in [0.25, 0.3) is 68.0 Å². The SMILES string of the molecule is C/C=C\c1c(C)c2c(c3ccc(-c4cccc(-c5cc(-c6ccccc6)nc(-c6ccccc6)n5)c4)cc13)C=CCC2. The van der Waals surface area contributed by atoms with Crippen LogP contribution in [0.15, 0.2) is 121 Å². The molecule has 1 aliphatic rings. The lowest BCUT2D eigenvalue weighted by molar-refractivity contribution is 0.974. The first-order valence-electron chi connectivity index (χ1n) is 14.7. The summed E-state index contributed by atoms with van der Waals surface area (Å²) in [6.07, 6.45) is 11.3. The minimum atomic E-state index is 0.729. The van der Waals surface area contributed by atoms with Crippen molar-refractivity contribution < 1.29 is 0 Å². The molecule has 0 aliphatic heterocycles. The molecule has 0 N–H and O–H groups in total. The fourth-order valence-electron chi connectivity index (χ4n) is 6.16. The Bertz CT molecular complexity index is 1930. The van der Waals surface area contributed by atoms with Gasteiger partial charge in [0.2, 0.25) is 0 Å². The molecule has 0 bridgehead atoms. The minimum absolute atomic E-state index is 0.729. The van der Waals surface area contributed by atoms with Crippen molar-refractivity contribution in [1.29, 1.82) is 0 Å². The van der Waals surface area contributed by atoms with Gasteiger partial charge in [-0.15, -0.1) is 0 Å². The third-order valence-electron chi connectivity index (χ3n) is 8.28. The Morgan fingerprint density at radius 1 is 0.619 bits per heavy atom. The molecule has 0 fully saturated rings. The van der Waals surface area contributed by atoms with Gasteiger partial charge in [-0.05, 0) is 89.0 Å². The van der Waals surface area contributed by atoms with Gasteiger partial charge in [0.05, 0.1) is 11.4 Å². The van der Waals surface area contributed by atoms with E-state index in [2.05, 4.69) is 123 Å². The van der Waals surface area contributed by atoms with E-state index in [0.717, 1.165) is 46.7 Å². The van der Waals surface area contributed by atoms with Crippen LogP contribution in [0, 0.1) is 6.92 Å². The first-order chi connectivity index (χ1) is 20.7. The smallest absolute Gasteiger partial charge is 0.160 e. The minimum Gasteiger partial charge on any atom is -0.228 e. The molecular formula is C40H32N2. The molecule has 7 rings (SSSR count). The summed E-state index contributed by atoms with van der Waals surface area (Å²) in [6.45, 7) is 4.39. The number of nitrogens with zero attached hydrogens (tertiary/aromatic N) is 2. The van der Waals surface area contributed by atoms with Crippen LogP contribution >= 0.6 is 0 Å². The summed E-state index contributed by atoms with van der Waals surface area (Å²) in [5.74, 6) is 0.729. The maximum Gasteiger partial charge on any atom is 0.160 e. The highest BCUT2D eigenvalue weighted by Crippen LogP contribution is 2.38. The molecule has 42 heavy (non-hydrogen) atoms. The second-order valence-electron chi connectivity index (χ2n) is 10.9. The molecule has 6 aromatic rings. The van der Waals surface area contributed by atoms with Crippen LogP contribution < -0.4 is 0 Å². The first kappa shape index (κ1) is 25.9. The lowest BCUT2D eigenvalue weighted by atomic mass is 9.84. The lowest BCUT2D eigenvalue weighted by Crippen LogP contribution is -2.02. The zero-order chi connectivity index (χ0) is 28.5. The molecular weight excluding hydrogens is 508 g/mol. The predicted molar refractivity (Wildman–Crippen MR) is 178 cm³/mol. The molecule has 1 aromatic heterocycles. The topological polar surface area (TPSA) is 25.8 Å². The Morgan fingerprint density at radius 3 is 2.05 bits per heavy atom. The monoisotopic (exact) mass is 540 g/mol. The van der Waals surface area contributed by atoms with Gasteiger partial charge in [0, 0.05) is 16.7 Å². The third-order valence-corrected chi connectivity index (χ3v) is 8.28. The van der Waals surface area contributed by atoms with E-state index in [-0.39, 0.29) is 0 Å². The molecule has 0 amide bonds. The summed E-state index contributed by atoms with van der Waals surface area (Å²) in [6, 6.07) is 38.3. The van der Waals surface area contributed by atoms with Crippen LogP contribution in [0.5, 0.6) is 0 Å². The molecule has 0 spiro atoms. The molecule has 0 saturated heterocycles. The zero-order valence-corrected chi connectivity index (χ0v) is 24.0. The summed E-state index contributed by atoms with van der Waals surface area (Å²) in [4.78, 5) is 10.0. The fourth-order valence-corrected chi connectivity index (χ4v) is 6.16. The van der Waals surface area contributed by atoms with Gasteiger partial charge < -0.3 is 0 Å². The molecule has 5 aromatic carbocycles. The molecule has 2 nitrogen and oxygen atoms in total. The van der Waals surface area contributed by atoms with Crippen molar-refractivity contribution in [1.82, 2.24) is 9.97 Å². The van der Waals surface area contributed by atoms with Crippen molar-refractivity contribution in [2.45, 2.75) is 26.7 Å². The van der Waals surface area contributed by atoms with Crippen molar-refractivity contribution >= 4 is 22.9 Å². The van der Waals surface area contributed by atoms with Crippen LogP contribution in [0.4, 0.5) is 0 Å². The van der Waals surface area contributed by atoms with E-state index in [1.54, 1.807) is 0 Å². The van der Waals surface area contributed by atoms with Crippen molar-refractivity contribution in [2.24, 2.45) is 0 Å². The number of allylic oxidation sites excluding steroid dienone is 2. The second kappa shape index (κ2) is 11.1. The first-order valence-corrected chi connectivity index (χ1v) is 14.7. The molecule has 1 aliphatic carbocycles. The van der Waals surface area contributed by atoms with Crippen LogP contribution in [-0.2, 0) is 6.42 Å². The number of hydrogen-bond acceptors (Lipinski definition) is 2. The van der Waals surface area contributed by atoms with Crippen LogP contribution in [0.1, 0.15) is 35.6 Å². The normalized spacial score (nSPS) is 12.6. The molecule has 0 saturated carbocycles. The van der Waals surface area contributed by atoms with E-state index in [1.807, 2.05) is 24.3 Å². The van der Waals surface area contributed by atoms with Crippen molar-refractivity contribution in [3.63, 3.8) is 0 Å². The highest BCUT2D eigenvalue weighted by molar-refractivity contribution is 6.01. The standard InChI is InChI=1S/C40H32N2/c1-3-13-33-27(2)34-20-10-11-21-35(34)36-23-22-31(25-37(33)36)30-18-12-19-32(24-30)39-26-38(28-14-6-4-7-15-28)41-40(42-39)29-16-8-5-9-17-29/h3-9,11-19,21-26H,10,20H2,1-2H3/b13-3-. The van der Waals surface area contributed by atoms with Gasteiger partial charge in [-0.2, -0.15) is 0 Å². The lowest BCUT2D eigenvalue weighted by Gasteiger charge is -2.20. The number of benzene rings is 5. The van der Waals surface area contributed by atoms with Crippen LogP contribution in [-0.4, -0.2) is 9.97 Å². The van der Waals surface area contributed by atoms with Gasteiger partial charge in [0.15, 0.2) is 5.82 Å². The molecule has 0 unspecified atom stereocenters. The highest BCUT2D eigenvalue weighted by Gasteiger charge is 2.17. The number of rotatable bonds is 5. The largest absolute Gasteiger partial charge is 0.228 e. The Balaban J connectivity index is 1.37. The van der Waals surface area contributed by atoms with Gasteiger partial charge >= 0.3 is 0 Å². The molecule has 0 atom stereocenters. The molecule has 202 valence electrons. The fraction of sp³-hybridized carbons (Fsp3) is 0.100. The average molecular weight is 541 g/mol. The van der Waals surface area contributed by atoms with Crippen molar-refractivity contribution in [3.05, 3.63) is 144 Å². The van der Waals surface area contributed by atoms with Crippen LogP contribution in [0.2, 0.25) is 0 Å². The Kier molecular flexibility index (Phi) is 6.81. The number of hydrogen-bond donors (Lipinski definition) is 0. The predicted octanol–water partition coefficient (Wildman–Crippen LogP) is 10.6. The summed E-state index contributed by atoms with van der Waals surface area (Å²) < 4.78 is 0. The van der Waals surface area contributed by atoms with E-state index in [4.69, 9.17) is 9.97 Å². The van der Waals surface area contributed by atoms with Crippen molar-refractivity contribution in [3.8, 4) is 45.0 Å². The van der Waals surface area contributed by atoms with E-state index < -0.39 is 0 Å². The Morgan fingerprint density at radius 2 is 1.29 bits per heavy atom. The molecule has 2 heteroatoms. The summed E-state index contributed by atoms with van der Waals surface area (Å²) in [5, 5.41) is 2.63. The number of fused-ring (bicyclic) bond motifs is 3. The van der Waals surface area contributed by atoms with Gasteiger partial charge in [0.25, 0.3) is 0 Å². The third kappa shape index (κ3) is 4.76. The highest BCUT2D eigenvalue weighted by atomic mass is 14.9. The number of aromatic nitrogens is 2. The average Bonchev–Trinajstić information content (AvgIpc) is 3.07. The summed E-state index contributed by atoms with van der Waals surface area (Å²) in [5.41, 5.74) is 13.0. The van der Waals surface area contributed by atoms with Gasteiger partial charge in [0.1, 0.15) is 0 Å². The van der Waals surface area contributed by atoms with Gasteiger partial charge in [-0.3, -0.25) is 0 Å². The quantitative estimate of drug-likeness (QED) is 0.217. The zero-order valence-electron chi connectivity index (χ0n) is 24.0. The second-order valence-corrected chi connectivity index (χ2v) is 10.9. The molecule has 0 radical (unpaired) electrons. The van der Waals surface area contributed by atoms with E-state index >= 15 is 0 Å². The van der Waals surface area contributed by atoms with E-state index in [1.165, 1.54) is 44.2 Å². The van der Waals surface area contributed by atoms with Crippen molar-refractivity contribution in [2.75, 3.05) is 0 Å². The summed E-state index contributed by atoms with van der Waals surface area (Å²) >= 11 is 0. The van der Waals surface area contributed by atoms with Crippen LogP contribution in [0.3, 0.4) is 0 Å². The van der Waals surface area contributed by atoms with E-state index in [0.29, 0.717) is 0 Å². The van der Waals surface area contributed by atoms with Gasteiger partial charge in [-0.1, -0.05) is 115 Å². The van der Waals surface area contributed by atoms with E-state index in [9.17, 15) is 0 Å². The Hall–Kier alpha value is -5.08. The maximum atomic E-state index is 5.05. The maximum absolute atomic E-state index is 5.05.